The summed E-state index contributed by atoms with van der Waals surface area (Å²) in [5, 5.41) is 12.7. The second-order valence-corrected chi connectivity index (χ2v) is 7.29. The van der Waals surface area contributed by atoms with Crippen molar-refractivity contribution in [3.63, 3.8) is 0 Å². The number of benzene rings is 3. The first-order valence-electron chi connectivity index (χ1n) is 9.78. The molecular formula is C23H20ClN5O3. The minimum absolute atomic E-state index is 0.0125. The number of carbonyl (C=O) groups excluding carboxylic acids is 1. The van der Waals surface area contributed by atoms with Crippen LogP contribution in [0, 0.1) is 0 Å². The largest absolute Gasteiger partial charge is 0.493 e. The minimum atomic E-state index is -0.313. The fraction of sp³-hybridized carbons (Fsp3) is 0.130. The van der Waals surface area contributed by atoms with Crippen LogP contribution in [0.4, 0.5) is 0 Å². The Kier molecular flexibility index (Phi) is 6.62. The summed E-state index contributed by atoms with van der Waals surface area (Å²) >= 11 is 5.91. The average Bonchev–Trinajstić information content (AvgIpc) is 3.22. The lowest BCUT2D eigenvalue weighted by molar-refractivity contribution is -0.121. The van der Waals surface area contributed by atoms with Crippen LogP contribution in [0.5, 0.6) is 11.5 Å². The molecule has 1 amide bonds. The second kappa shape index (κ2) is 9.93. The number of carbonyl (C=O) groups is 1. The molecule has 0 bridgehead atoms. The number of aromatic nitrogens is 3. The van der Waals surface area contributed by atoms with Crippen molar-refractivity contribution in [3.8, 4) is 11.5 Å². The maximum Gasteiger partial charge on any atom is 0.261 e. The summed E-state index contributed by atoms with van der Waals surface area (Å²) in [5.41, 5.74) is 5.74. The van der Waals surface area contributed by atoms with E-state index in [9.17, 15) is 4.79 Å². The SMILES string of the molecule is COc1cc(C=NNC(=O)Cn2nnc3ccccc32)ccc1OCc1ccc(Cl)cc1. The molecule has 1 aromatic heterocycles. The lowest BCUT2D eigenvalue weighted by Gasteiger charge is -2.11. The van der Waals surface area contributed by atoms with Crippen LogP contribution in [0.15, 0.2) is 71.8 Å². The minimum Gasteiger partial charge on any atom is -0.493 e. The number of hydrogen-bond acceptors (Lipinski definition) is 6. The topological polar surface area (TPSA) is 90.6 Å². The Labute approximate surface area is 189 Å². The maximum atomic E-state index is 12.2. The number of methoxy groups -OCH3 is 1. The van der Waals surface area contributed by atoms with E-state index in [1.807, 2.05) is 54.6 Å². The van der Waals surface area contributed by atoms with Gasteiger partial charge in [-0.1, -0.05) is 41.1 Å². The summed E-state index contributed by atoms with van der Waals surface area (Å²) in [5.74, 6) is 0.844. The molecule has 3 aromatic carbocycles. The predicted molar refractivity (Wildman–Crippen MR) is 122 cm³/mol. The average molecular weight is 450 g/mol. The van der Waals surface area contributed by atoms with Crippen molar-refractivity contribution in [2.45, 2.75) is 13.2 Å². The molecule has 0 fully saturated rings. The molecular weight excluding hydrogens is 430 g/mol. The number of halogens is 1. The molecule has 9 heteroatoms. The third kappa shape index (κ3) is 5.22. The molecule has 1 heterocycles. The van der Waals surface area contributed by atoms with Crippen molar-refractivity contribution in [1.29, 1.82) is 0 Å². The highest BCUT2D eigenvalue weighted by Gasteiger charge is 2.08. The monoisotopic (exact) mass is 449 g/mol. The number of rotatable bonds is 8. The van der Waals surface area contributed by atoms with Gasteiger partial charge in [0, 0.05) is 5.02 Å². The first-order valence-corrected chi connectivity index (χ1v) is 10.2. The van der Waals surface area contributed by atoms with Crippen LogP contribution in [-0.4, -0.2) is 34.2 Å². The van der Waals surface area contributed by atoms with Crippen molar-refractivity contribution >= 4 is 34.8 Å². The van der Waals surface area contributed by atoms with Crippen LogP contribution in [-0.2, 0) is 17.9 Å². The van der Waals surface area contributed by atoms with Crippen LogP contribution in [0.2, 0.25) is 5.02 Å². The van der Waals surface area contributed by atoms with Gasteiger partial charge in [-0.3, -0.25) is 4.79 Å². The van der Waals surface area contributed by atoms with Gasteiger partial charge in [-0.25, -0.2) is 10.1 Å². The lowest BCUT2D eigenvalue weighted by Crippen LogP contribution is -2.23. The number of ether oxygens (including phenoxy) is 2. The van der Waals surface area contributed by atoms with E-state index in [0.29, 0.717) is 23.1 Å². The van der Waals surface area contributed by atoms with Crippen molar-refractivity contribution < 1.29 is 14.3 Å². The number of hydrazone groups is 1. The Bertz CT molecular complexity index is 1250. The zero-order valence-electron chi connectivity index (χ0n) is 17.2. The summed E-state index contributed by atoms with van der Waals surface area (Å²) in [7, 11) is 1.57. The number of fused-ring (bicyclic) bond motifs is 1. The maximum absolute atomic E-state index is 12.2. The van der Waals surface area contributed by atoms with Crippen molar-refractivity contribution in [3.05, 3.63) is 82.9 Å². The third-order valence-corrected chi connectivity index (χ3v) is 4.86. The van der Waals surface area contributed by atoms with Gasteiger partial charge in [0.15, 0.2) is 11.5 Å². The van der Waals surface area contributed by atoms with Gasteiger partial charge in [-0.05, 0) is 53.6 Å². The van der Waals surface area contributed by atoms with Crippen LogP contribution in [0.3, 0.4) is 0 Å². The summed E-state index contributed by atoms with van der Waals surface area (Å²) in [6.45, 7) is 0.395. The molecule has 4 aromatic rings. The van der Waals surface area contributed by atoms with E-state index in [-0.39, 0.29) is 12.5 Å². The Hall–Kier alpha value is -3.91. The fourth-order valence-electron chi connectivity index (χ4n) is 3.01. The molecule has 0 aliphatic carbocycles. The predicted octanol–water partition coefficient (Wildman–Crippen LogP) is 3.82. The van der Waals surface area contributed by atoms with Gasteiger partial charge in [-0.2, -0.15) is 5.10 Å². The Morgan fingerprint density at radius 1 is 1.12 bits per heavy atom. The number of amides is 1. The van der Waals surface area contributed by atoms with Gasteiger partial charge in [0.25, 0.3) is 5.91 Å². The molecule has 1 N–H and O–H groups in total. The molecule has 162 valence electrons. The van der Waals surface area contributed by atoms with Gasteiger partial charge in [0.2, 0.25) is 0 Å². The summed E-state index contributed by atoms with van der Waals surface area (Å²) < 4.78 is 12.8. The number of nitrogens with zero attached hydrogens (tertiary/aromatic N) is 4. The van der Waals surface area contributed by atoms with E-state index in [0.717, 1.165) is 22.2 Å². The summed E-state index contributed by atoms with van der Waals surface area (Å²) in [6, 6.07) is 20.3. The van der Waals surface area contributed by atoms with Crippen LogP contribution in [0.25, 0.3) is 11.0 Å². The molecule has 0 saturated carbocycles. The highest BCUT2D eigenvalue weighted by molar-refractivity contribution is 6.30. The molecule has 0 aliphatic rings. The molecule has 4 rings (SSSR count). The standard InChI is InChI=1S/C23H20ClN5O3/c1-31-22-12-17(8-11-21(22)32-15-16-6-9-18(24)10-7-16)13-25-27-23(30)14-29-20-5-3-2-4-19(20)26-28-29/h2-13H,14-15H2,1H3,(H,27,30). The van der Waals surface area contributed by atoms with Crippen molar-refractivity contribution in [2.24, 2.45) is 5.10 Å². The second-order valence-electron chi connectivity index (χ2n) is 6.85. The number of nitrogens with one attached hydrogen (secondary N) is 1. The first kappa shape index (κ1) is 21.3. The molecule has 32 heavy (non-hydrogen) atoms. The van der Waals surface area contributed by atoms with Gasteiger partial charge >= 0.3 is 0 Å². The molecule has 0 spiro atoms. The molecule has 0 unspecified atom stereocenters. The van der Waals surface area contributed by atoms with Gasteiger partial charge in [0.05, 0.1) is 18.8 Å². The Morgan fingerprint density at radius 3 is 2.75 bits per heavy atom. The summed E-state index contributed by atoms with van der Waals surface area (Å²) in [4.78, 5) is 12.2. The van der Waals surface area contributed by atoms with Crippen LogP contribution >= 0.6 is 11.6 Å². The van der Waals surface area contributed by atoms with E-state index in [1.54, 1.807) is 19.2 Å². The lowest BCUT2D eigenvalue weighted by atomic mass is 10.2. The quantitative estimate of drug-likeness (QED) is 0.326. The smallest absolute Gasteiger partial charge is 0.261 e. The van der Waals surface area contributed by atoms with E-state index in [4.69, 9.17) is 21.1 Å². The highest BCUT2D eigenvalue weighted by Crippen LogP contribution is 2.28. The van der Waals surface area contributed by atoms with Crippen molar-refractivity contribution in [1.82, 2.24) is 20.4 Å². The zero-order chi connectivity index (χ0) is 22.3. The molecule has 0 radical (unpaired) electrons. The summed E-state index contributed by atoms with van der Waals surface area (Å²) in [6.07, 6.45) is 1.53. The molecule has 8 nitrogen and oxygen atoms in total. The highest BCUT2D eigenvalue weighted by atomic mass is 35.5. The molecule has 0 saturated heterocycles. The molecule has 0 aliphatic heterocycles. The fourth-order valence-corrected chi connectivity index (χ4v) is 3.14. The normalized spacial score (nSPS) is 11.1. The zero-order valence-corrected chi connectivity index (χ0v) is 18.0. The third-order valence-electron chi connectivity index (χ3n) is 4.61. The Balaban J connectivity index is 1.35. The number of hydrogen-bond donors (Lipinski definition) is 1. The number of para-hydroxylation sites is 1. The van der Waals surface area contributed by atoms with Gasteiger partial charge in [0.1, 0.15) is 18.7 Å². The van der Waals surface area contributed by atoms with Crippen molar-refractivity contribution in [2.75, 3.05) is 7.11 Å². The van der Waals surface area contributed by atoms with E-state index >= 15 is 0 Å². The first-order chi connectivity index (χ1) is 15.6. The van der Waals surface area contributed by atoms with Gasteiger partial charge < -0.3 is 9.47 Å². The van der Waals surface area contributed by atoms with Crippen LogP contribution in [0.1, 0.15) is 11.1 Å². The van der Waals surface area contributed by atoms with Gasteiger partial charge in [-0.15, -0.1) is 5.10 Å². The van der Waals surface area contributed by atoms with E-state index < -0.39 is 0 Å². The van der Waals surface area contributed by atoms with E-state index in [1.165, 1.54) is 10.9 Å². The van der Waals surface area contributed by atoms with Crippen LogP contribution < -0.4 is 14.9 Å². The molecule has 0 atom stereocenters. The Morgan fingerprint density at radius 2 is 1.94 bits per heavy atom. The van der Waals surface area contributed by atoms with E-state index in [2.05, 4.69) is 20.8 Å².